The van der Waals surface area contributed by atoms with E-state index in [-0.39, 0.29) is 11.6 Å². The van der Waals surface area contributed by atoms with Gasteiger partial charge in [-0.3, -0.25) is 0 Å². The van der Waals surface area contributed by atoms with Crippen LogP contribution >= 0.6 is 0 Å². The number of pyridine rings is 1. The van der Waals surface area contributed by atoms with Gasteiger partial charge in [0.1, 0.15) is 0 Å². The second-order valence-corrected chi connectivity index (χ2v) is 4.43. The van der Waals surface area contributed by atoms with Crippen LogP contribution in [0.2, 0.25) is 0 Å². The Bertz CT molecular complexity index is 600. The molecule has 1 aromatic heterocycles. The van der Waals surface area contributed by atoms with Crippen LogP contribution in [0.15, 0.2) is 30.3 Å². The van der Waals surface area contributed by atoms with Gasteiger partial charge in [-0.25, -0.2) is 13.8 Å². The molecule has 5 heteroatoms. The highest BCUT2D eigenvalue weighted by molar-refractivity contribution is 5.62. The summed E-state index contributed by atoms with van der Waals surface area (Å²) in [6, 6.07) is 8.45. The van der Waals surface area contributed by atoms with E-state index in [1.807, 2.05) is 24.3 Å². The van der Waals surface area contributed by atoms with Crippen LogP contribution in [0.5, 0.6) is 0 Å². The van der Waals surface area contributed by atoms with Crippen molar-refractivity contribution < 1.29 is 8.78 Å². The van der Waals surface area contributed by atoms with Crippen molar-refractivity contribution in [2.45, 2.75) is 19.8 Å². The van der Waals surface area contributed by atoms with Gasteiger partial charge >= 0.3 is 0 Å². The van der Waals surface area contributed by atoms with Crippen molar-refractivity contribution in [1.29, 1.82) is 0 Å². The first-order chi connectivity index (χ1) is 9.65. The highest BCUT2D eigenvalue weighted by Gasteiger charge is 2.12. The second-order valence-electron chi connectivity index (χ2n) is 4.43. The van der Waals surface area contributed by atoms with E-state index in [0.29, 0.717) is 0 Å². The van der Waals surface area contributed by atoms with Gasteiger partial charge < -0.3 is 10.6 Å². The summed E-state index contributed by atoms with van der Waals surface area (Å²) in [6.07, 6.45) is 1.87. The van der Waals surface area contributed by atoms with Gasteiger partial charge in [0.25, 0.3) is 0 Å². The minimum atomic E-state index is -0.715. The highest BCUT2D eigenvalue weighted by Crippen LogP contribution is 2.25. The van der Waals surface area contributed by atoms with Gasteiger partial charge in [-0.05, 0) is 18.1 Å². The van der Waals surface area contributed by atoms with E-state index >= 15 is 0 Å². The van der Waals surface area contributed by atoms with Crippen LogP contribution in [0, 0.1) is 11.6 Å². The van der Waals surface area contributed by atoms with Gasteiger partial charge in [0.2, 0.25) is 0 Å². The molecule has 0 bridgehead atoms. The van der Waals surface area contributed by atoms with E-state index in [2.05, 4.69) is 22.5 Å². The maximum absolute atomic E-state index is 13.8. The van der Waals surface area contributed by atoms with Crippen LogP contribution in [0.1, 0.15) is 18.9 Å². The maximum Gasteiger partial charge on any atom is 0.169 e. The van der Waals surface area contributed by atoms with Gasteiger partial charge in [0.15, 0.2) is 23.3 Å². The summed E-state index contributed by atoms with van der Waals surface area (Å²) in [4.78, 5) is 3.91. The second kappa shape index (κ2) is 6.32. The zero-order valence-corrected chi connectivity index (χ0v) is 11.5. The van der Waals surface area contributed by atoms with Crippen molar-refractivity contribution in [3.8, 4) is 0 Å². The number of aromatic nitrogens is 1. The third kappa shape index (κ3) is 3.04. The Labute approximate surface area is 117 Å². The van der Waals surface area contributed by atoms with Gasteiger partial charge in [-0.1, -0.05) is 31.5 Å². The summed E-state index contributed by atoms with van der Waals surface area (Å²) in [7, 11) is 1.54. The molecule has 2 rings (SSSR count). The zero-order chi connectivity index (χ0) is 14.5. The summed E-state index contributed by atoms with van der Waals surface area (Å²) in [5.41, 5.74) is 1.86. The fourth-order valence-corrected chi connectivity index (χ4v) is 1.99. The predicted octanol–water partition coefficient (Wildman–Crippen LogP) is 4.10. The van der Waals surface area contributed by atoms with E-state index in [9.17, 15) is 8.78 Å². The molecule has 0 unspecified atom stereocenters. The number of hydrogen-bond acceptors (Lipinski definition) is 3. The van der Waals surface area contributed by atoms with E-state index in [4.69, 9.17) is 0 Å². The molecule has 2 N–H and O–H groups in total. The lowest BCUT2D eigenvalue weighted by Gasteiger charge is -2.12. The Morgan fingerprint density at radius 2 is 1.80 bits per heavy atom. The summed E-state index contributed by atoms with van der Waals surface area (Å²) in [6.45, 7) is 2.08. The third-order valence-corrected chi connectivity index (χ3v) is 2.96. The van der Waals surface area contributed by atoms with Gasteiger partial charge in [-0.15, -0.1) is 0 Å². The molecular weight excluding hydrogens is 260 g/mol. The highest BCUT2D eigenvalue weighted by atomic mass is 19.1. The van der Waals surface area contributed by atoms with Crippen molar-refractivity contribution in [2.75, 3.05) is 17.7 Å². The molecule has 2 aromatic rings. The van der Waals surface area contributed by atoms with Crippen molar-refractivity contribution in [3.05, 3.63) is 47.5 Å². The molecule has 0 aliphatic heterocycles. The van der Waals surface area contributed by atoms with Crippen LogP contribution in [0.3, 0.4) is 0 Å². The normalized spacial score (nSPS) is 10.4. The van der Waals surface area contributed by atoms with E-state index < -0.39 is 11.6 Å². The molecule has 0 fully saturated rings. The molecule has 0 saturated carbocycles. The third-order valence-electron chi connectivity index (χ3n) is 2.96. The van der Waals surface area contributed by atoms with E-state index in [1.165, 1.54) is 7.05 Å². The minimum Gasteiger partial charge on any atom is -0.371 e. The van der Waals surface area contributed by atoms with E-state index in [1.54, 1.807) is 0 Å². The molecule has 0 atom stereocenters. The molecule has 1 heterocycles. The van der Waals surface area contributed by atoms with Crippen molar-refractivity contribution in [2.24, 2.45) is 0 Å². The number of nitrogens with zero attached hydrogens (tertiary/aromatic N) is 1. The average Bonchev–Trinajstić information content (AvgIpc) is 2.44. The van der Waals surface area contributed by atoms with E-state index in [0.717, 1.165) is 30.2 Å². The first kappa shape index (κ1) is 14.2. The monoisotopic (exact) mass is 277 g/mol. The minimum absolute atomic E-state index is 0.0132. The number of hydrogen-bond donors (Lipinski definition) is 2. The number of aryl methyl sites for hydroxylation is 1. The fraction of sp³-hybridized carbons (Fsp3) is 0.267. The SMILES string of the molecule is CCCc1ccccc1Nc1nc(NC)c(F)cc1F. The summed E-state index contributed by atoms with van der Waals surface area (Å²) in [5.74, 6) is -1.40. The molecule has 0 aliphatic rings. The molecule has 0 amide bonds. The summed E-state index contributed by atoms with van der Waals surface area (Å²) >= 11 is 0. The average molecular weight is 277 g/mol. The molecule has 106 valence electrons. The molecule has 0 spiro atoms. The van der Waals surface area contributed by atoms with Crippen molar-refractivity contribution in [1.82, 2.24) is 4.98 Å². The molecule has 0 aliphatic carbocycles. The molecule has 20 heavy (non-hydrogen) atoms. The first-order valence-corrected chi connectivity index (χ1v) is 6.54. The number of rotatable bonds is 5. The Kier molecular flexibility index (Phi) is 4.50. The fourth-order valence-electron chi connectivity index (χ4n) is 1.99. The van der Waals surface area contributed by atoms with Crippen LogP contribution < -0.4 is 10.6 Å². The van der Waals surface area contributed by atoms with Gasteiger partial charge in [0, 0.05) is 18.8 Å². The van der Waals surface area contributed by atoms with Crippen LogP contribution in [0.25, 0.3) is 0 Å². The smallest absolute Gasteiger partial charge is 0.169 e. The summed E-state index contributed by atoms with van der Waals surface area (Å²) < 4.78 is 27.2. The van der Waals surface area contributed by atoms with Crippen molar-refractivity contribution in [3.63, 3.8) is 0 Å². The number of anilines is 3. The van der Waals surface area contributed by atoms with Crippen LogP contribution in [-0.2, 0) is 6.42 Å². The van der Waals surface area contributed by atoms with Gasteiger partial charge in [-0.2, -0.15) is 0 Å². The lowest BCUT2D eigenvalue weighted by atomic mass is 10.1. The Hall–Kier alpha value is -2.17. The Balaban J connectivity index is 2.35. The lowest BCUT2D eigenvalue weighted by molar-refractivity contribution is 0.580. The molecule has 3 nitrogen and oxygen atoms in total. The largest absolute Gasteiger partial charge is 0.371 e. The predicted molar refractivity (Wildman–Crippen MR) is 77.4 cm³/mol. The number of halogens is 2. The number of nitrogens with one attached hydrogen (secondary N) is 2. The number of para-hydroxylation sites is 1. The van der Waals surface area contributed by atoms with Crippen LogP contribution in [0.4, 0.5) is 26.1 Å². The first-order valence-electron chi connectivity index (χ1n) is 6.54. The Morgan fingerprint density at radius 1 is 1.10 bits per heavy atom. The maximum atomic E-state index is 13.8. The molecular formula is C15H17F2N3. The summed E-state index contributed by atoms with van der Waals surface area (Å²) in [5, 5.41) is 5.53. The molecule has 0 radical (unpaired) electrons. The number of benzene rings is 1. The van der Waals surface area contributed by atoms with Gasteiger partial charge in [0.05, 0.1) is 0 Å². The zero-order valence-electron chi connectivity index (χ0n) is 11.5. The van der Waals surface area contributed by atoms with Crippen LogP contribution in [-0.4, -0.2) is 12.0 Å². The molecule has 1 aromatic carbocycles. The lowest BCUT2D eigenvalue weighted by Crippen LogP contribution is -2.04. The standard InChI is InChI=1S/C15H17F2N3/c1-3-6-10-7-4-5-8-13(10)19-15-12(17)9-11(16)14(18-2)20-15/h4-5,7-9H,3,6H2,1-2H3,(H2,18,19,20). The molecule has 0 saturated heterocycles. The quantitative estimate of drug-likeness (QED) is 0.864. The Morgan fingerprint density at radius 3 is 2.50 bits per heavy atom. The topological polar surface area (TPSA) is 37.0 Å². The van der Waals surface area contributed by atoms with Crippen molar-refractivity contribution >= 4 is 17.3 Å².